The molecule has 1 aromatic rings. The quantitative estimate of drug-likeness (QED) is 0.365. The summed E-state index contributed by atoms with van der Waals surface area (Å²) in [5.74, 6) is 5.33. The smallest absolute Gasteiger partial charge is 0.424 e. The van der Waals surface area contributed by atoms with Crippen LogP contribution in [0.1, 0.15) is 12.5 Å². The summed E-state index contributed by atoms with van der Waals surface area (Å²) in [5, 5.41) is 3.74. The van der Waals surface area contributed by atoms with Crippen LogP contribution < -0.4 is 5.84 Å². The average molecular weight is 223 g/mol. The Bertz CT molecular complexity index is 364. The van der Waals surface area contributed by atoms with E-state index < -0.39 is 6.09 Å². The van der Waals surface area contributed by atoms with Gasteiger partial charge < -0.3 is 4.74 Å². The number of carbonyl (C=O) groups is 1. The lowest BCUT2D eigenvalue weighted by atomic mass is 10.2. The molecule has 6 heteroatoms. The highest BCUT2D eigenvalue weighted by molar-refractivity contribution is 5.66. The maximum absolute atomic E-state index is 11.2. The van der Waals surface area contributed by atoms with E-state index in [1.165, 1.54) is 0 Å². The topological polar surface area (TPSA) is 85.0 Å². The summed E-state index contributed by atoms with van der Waals surface area (Å²) in [6.07, 6.45) is -0.583. The van der Waals surface area contributed by atoms with E-state index in [9.17, 15) is 9.70 Å². The van der Waals surface area contributed by atoms with Crippen LogP contribution in [0.2, 0.25) is 0 Å². The van der Waals surface area contributed by atoms with Crippen LogP contribution in [0.25, 0.3) is 0 Å². The predicted octanol–water partition coefficient (Wildman–Crippen LogP) is 1.92. The molecule has 6 nitrogen and oxygen atoms in total. The van der Waals surface area contributed by atoms with Gasteiger partial charge in [0.2, 0.25) is 0 Å². The Hall–Kier alpha value is -1.95. The summed E-state index contributed by atoms with van der Waals surface area (Å²) >= 11 is 0. The molecule has 0 radical (unpaired) electrons. The van der Waals surface area contributed by atoms with Crippen LogP contribution in [0.5, 0.6) is 0 Å². The van der Waals surface area contributed by atoms with Crippen molar-refractivity contribution < 1.29 is 9.53 Å². The average Bonchev–Trinajstić information content (AvgIpc) is 2.35. The van der Waals surface area contributed by atoms with E-state index >= 15 is 0 Å². The molecular formula is C10H13N3O3. The number of carbonyl (C=O) groups excluding carboxylic acids is 1. The van der Waals surface area contributed by atoms with Crippen molar-refractivity contribution in [1.29, 1.82) is 0 Å². The molecule has 0 aromatic heterocycles. The first-order chi connectivity index (χ1) is 7.67. The van der Waals surface area contributed by atoms with Gasteiger partial charge in [-0.05, 0) is 29.8 Å². The minimum absolute atomic E-state index is 0.117. The number of amides is 1. The third-order valence-corrected chi connectivity index (χ3v) is 1.98. The fourth-order valence-corrected chi connectivity index (χ4v) is 1.01. The highest BCUT2D eigenvalue weighted by Crippen LogP contribution is 2.12. The third kappa shape index (κ3) is 3.32. The SMILES string of the molecule is CCN(N)C(=O)OCc1ccc(N=O)cc1. The largest absolute Gasteiger partial charge is 0.444 e. The van der Waals surface area contributed by atoms with Gasteiger partial charge in [-0.25, -0.2) is 15.6 Å². The minimum Gasteiger partial charge on any atom is -0.444 e. The van der Waals surface area contributed by atoms with Gasteiger partial charge in [-0.15, -0.1) is 4.91 Å². The maximum Gasteiger partial charge on any atom is 0.424 e. The van der Waals surface area contributed by atoms with Crippen LogP contribution in [-0.4, -0.2) is 17.6 Å². The van der Waals surface area contributed by atoms with E-state index in [1.807, 2.05) is 0 Å². The van der Waals surface area contributed by atoms with Gasteiger partial charge in [0, 0.05) is 6.54 Å². The molecule has 0 saturated carbocycles. The van der Waals surface area contributed by atoms with Crippen molar-refractivity contribution >= 4 is 11.8 Å². The lowest BCUT2D eigenvalue weighted by molar-refractivity contribution is 0.0982. The van der Waals surface area contributed by atoms with E-state index in [1.54, 1.807) is 31.2 Å². The number of rotatable bonds is 4. The molecule has 1 amide bonds. The van der Waals surface area contributed by atoms with E-state index in [2.05, 4.69) is 5.18 Å². The van der Waals surface area contributed by atoms with Crippen LogP contribution >= 0.6 is 0 Å². The lowest BCUT2D eigenvalue weighted by Gasteiger charge is -2.13. The fraction of sp³-hybridized carbons (Fsp3) is 0.300. The van der Waals surface area contributed by atoms with Gasteiger partial charge in [0.25, 0.3) is 0 Å². The molecule has 0 aliphatic rings. The van der Waals surface area contributed by atoms with E-state index in [-0.39, 0.29) is 6.61 Å². The molecule has 1 rings (SSSR count). The van der Waals surface area contributed by atoms with Gasteiger partial charge >= 0.3 is 6.09 Å². The Morgan fingerprint density at radius 3 is 2.56 bits per heavy atom. The first kappa shape index (κ1) is 12.1. The Morgan fingerprint density at radius 1 is 1.44 bits per heavy atom. The second kappa shape index (κ2) is 5.82. The van der Waals surface area contributed by atoms with E-state index in [0.717, 1.165) is 10.6 Å². The molecule has 0 aliphatic heterocycles. The number of hydrogen-bond acceptors (Lipinski definition) is 5. The fourth-order valence-electron chi connectivity index (χ4n) is 1.01. The molecule has 0 atom stereocenters. The molecule has 0 fully saturated rings. The zero-order chi connectivity index (χ0) is 12.0. The number of benzene rings is 1. The van der Waals surface area contributed by atoms with E-state index in [4.69, 9.17) is 10.6 Å². The number of ether oxygens (including phenoxy) is 1. The van der Waals surface area contributed by atoms with Gasteiger partial charge in [-0.2, -0.15) is 0 Å². The second-order valence-electron chi connectivity index (χ2n) is 3.10. The molecule has 0 heterocycles. The predicted molar refractivity (Wildman–Crippen MR) is 58.6 cm³/mol. The Kier molecular flexibility index (Phi) is 4.41. The first-order valence-corrected chi connectivity index (χ1v) is 4.78. The van der Waals surface area contributed by atoms with Crippen LogP contribution in [0.4, 0.5) is 10.5 Å². The van der Waals surface area contributed by atoms with Crippen molar-refractivity contribution in [2.24, 2.45) is 11.0 Å². The second-order valence-corrected chi connectivity index (χ2v) is 3.10. The minimum atomic E-state index is -0.583. The van der Waals surface area contributed by atoms with E-state index in [0.29, 0.717) is 12.2 Å². The molecule has 2 N–H and O–H groups in total. The number of nitrogens with zero attached hydrogens (tertiary/aromatic N) is 2. The van der Waals surface area contributed by atoms with Crippen LogP contribution in [0.3, 0.4) is 0 Å². The molecule has 0 aliphatic carbocycles. The standard InChI is InChI=1S/C10H13N3O3/c1-2-13(11)10(14)16-7-8-3-5-9(12-15)6-4-8/h3-6H,2,7,11H2,1H3. The van der Waals surface area contributed by atoms with Gasteiger partial charge in [0.1, 0.15) is 12.3 Å². The van der Waals surface area contributed by atoms with Gasteiger partial charge in [-0.1, -0.05) is 12.1 Å². The van der Waals surface area contributed by atoms with Crippen LogP contribution in [0, 0.1) is 4.91 Å². The monoisotopic (exact) mass is 223 g/mol. The van der Waals surface area contributed by atoms with Crippen molar-refractivity contribution in [1.82, 2.24) is 5.01 Å². The van der Waals surface area contributed by atoms with Gasteiger partial charge in [-0.3, -0.25) is 0 Å². The summed E-state index contributed by atoms with van der Waals surface area (Å²) in [5.41, 5.74) is 1.11. The van der Waals surface area contributed by atoms with Crippen molar-refractivity contribution in [3.63, 3.8) is 0 Å². The normalized spacial score (nSPS) is 9.62. The highest BCUT2D eigenvalue weighted by atomic mass is 16.6. The molecule has 0 unspecified atom stereocenters. The molecule has 0 saturated heterocycles. The highest BCUT2D eigenvalue weighted by Gasteiger charge is 2.07. The summed E-state index contributed by atoms with van der Waals surface area (Å²) in [7, 11) is 0. The Balaban J connectivity index is 2.48. The lowest BCUT2D eigenvalue weighted by Crippen LogP contribution is -2.37. The van der Waals surface area contributed by atoms with Crippen molar-refractivity contribution in [2.75, 3.05) is 6.54 Å². The zero-order valence-corrected chi connectivity index (χ0v) is 8.92. The Labute approximate surface area is 92.9 Å². The molecule has 0 bridgehead atoms. The number of nitrogens with two attached hydrogens (primary N) is 1. The van der Waals surface area contributed by atoms with Crippen molar-refractivity contribution in [3.8, 4) is 0 Å². The third-order valence-electron chi connectivity index (χ3n) is 1.98. The van der Waals surface area contributed by atoms with Gasteiger partial charge in [0.05, 0.1) is 0 Å². The summed E-state index contributed by atoms with van der Waals surface area (Å²) < 4.78 is 4.91. The molecule has 16 heavy (non-hydrogen) atoms. The molecule has 0 spiro atoms. The molecule has 1 aromatic carbocycles. The number of hydrazine groups is 1. The van der Waals surface area contributed by atoms with Crippen molar-refractivity contribution in [3.05, 3.63) is 34.7 Å². The van der Waals surface area contributed by atoms with Gasteiger partial charge in [0.15, 0.2) is 0 Å². The Morgan fingerprint density at radius 2 is 2.06 bits per heavy atom. The zero-order valence-electron chi connectivity index (χ0n) is 8.92. The number of nitroso groups, excluding NO2 is 1. The van der Waals surface area contributed by atoms with Crippen LogP contribution in [-0.2, 0) is 11.3 Å². The summed E-state index contributed by atoms with van der Waals surface area (Å²) in [6.45, 7) is 2.24. The summed E-state index contributed by atoms with van der Waals surface area (Å²) in [6, 6.07) is 6.43. The first-order valence-electron chi connectivity index (χ1n) is 4.78. The number of hydrogen-bond donors (Lipinski definition) is 1. The van der Waals surface area contributed by atoms with Crippen molar-refractivity contribution in [2.45, 2.75) is 13.5 Å². The molecular weight excluding hydrogens is 210 g/mol. The maximum atomic E-state index is 11.2. The molecule has 86 valence electrons. The van der Waals surface area contributed by atoms with Crippen LogP contribution in [0.15, 0.2) is 29.4 Å². The summed E-state index contributed by atoms with van der Waals surface area (Å²) in [4.78, 5) is 21.3.